The van der Waals surface area contributed by atoms with Crippen molar-refractivity contribution in [3.8, 4) is 0 Å². The van der Waals surface area contributed by atoms with Gasteiger partial charge in [-0.05, 0) is 25.0 Å². The van der Waals surface area contributed by atoms with Crippen molar-refractivity contribution in [3.63, 3.8) is 0 Å². The Balaban J connectivity index is 2.23. The number of aryl methyl sites for hydroxylation is 1. The van der Waals surface area contributed by atoms with Gasteiger partial charge < -0.3 is 15.0 Å². The Morgan fingerprint density at radius 3 is 2.89 bits per heavy atom. The molecule has 1 heterocycles. The molecule has 102 valence electrons. The molecule has 2 rings (SSSR count). The monoisotopic (exact) mass is 277 g/mol. The highest BCUT2D eigenvalue weighted by atomic mass is 32.1. The van der Waals surface area contributed by atoms with Crippen LogP contribution in [-0.2, 0) is 17.7 Å². The number of fused-ring (bicyclic) bond motifs is 1. The lowest BCUT2D eigenvalue weighted by Gasteiger charge is -2.08. The van der Waals surface area contributed by atoms with Crippen LogP contribution in [0.3, 0.4) is 0 Å². The van der Waals surface area contributed by atoms with Crippen LogP contribution in [-0.4, -0.2) is 28.3 Å². The van der Waals surface area contributed by atoms with Gasteiger partial charge in [0.1, 0.15) is 5.82 Å². The Bertz CT molecular complexity index is 565. The lowest BCUT2D eigenvalue weighted by Crippen LogP contribution is -2.15. The van der Waals surface area contributed by atoms with E-state index in [1.807, 2.05) is 18.2 Å². The standard InChI is InChI=1S/C14H19N3OS/c1-18-9-5-4-8-17-12-7-3-2-6-11(12)16-14(17)10-13(15)19/h2-3,6-7H,4-5,8-10H2,1H3,(H2,15,19). The van der Waals surface area contributed by atoms with Crippen LogP contribution < -0.4 is 5.73 Å². The molecule has 0 fully saturated rings. The Kier molecular flexibility index (Phi) is 4.87. The molecule has 1 aromatic carbocycles. The fraction of sp³-hybridized carbons (Fsp3) is 0.429. The van der Waals surface area contributed by atoms with Crippen LogP contribution in [0.2, 0.25) is 0 Å². The number of hydrogen-bond donors (Lipinski definition) is 1. The van der Waals surface area contributed by atoms with Crippen LogP contribution in [0.25, 0.3) is 11.0 Å². The third-order valence-corrected chi connectivity index (χ3v) is 3.19. The molecule has 0 unspecified atom stereocenters. The third kappa shape index (κ3) is 3.52. The van der Waals surface area contributed by atoms with Gasteiger partial charge in [0.25, 0.3) is 0 Å². The minimum atomic E-state index is 0.480. The minimum absolute atomic E-state index is 0.480. The van der Waals surface area contributed by atoms with Crippen LogP contribution in [0.5, 0.6) is 0 Å². The highest BCUT2D eigenvalue weighted by Crippen LogP contribution is 2.17. The fourth-order valence-corrected chi connectivity index (χ4v) is 2.31. The van der Waals surface area contributed by atoms with Gasteiger partial charge in [-0.25, -0.2) is 4.98 Å². The molecule has 19 heavy (non-hydrogen) atoms. The van der Waals surface area contributed by atoms with Gasteiger partial charge in [0, 0.05) is 20.3 Å². The Morgan fingerprint density at radius 1 is 1.37 bits per heavy atom. The Hall–Kier alpha value is -1.46. The maximum absolute atomic E-state index is 5.65. The second kappa shape index (κ2) is 6.63. The molecule has 2 aromatic rings. The van der Waals surface area contributed by atoms with Crippen molar-refractivity contribution in [2.45, 2.75) is 25.8 Å². The highest BCUT2D eigenvalue weighted by molar-refractivity contribution is 7.80. The molecule has 0 aliphatic rings. The molecule has 1 aromatic heterocycles. The zero-order valence-electron chi connectivity index (χ0n) is 11.1. The van der Waals surface area contributed by atoms with Crippen molar-refractivity contribution in [1.29, 1.82) is 0 Å². The van der Waals surface area contributed by atoms with Gasteiger partial charge in [-0.3, -0.25) is 0 Å². The highest BCUT2D eigenvalue weighted by Gasteiger charge is 2.10. The largest absolute Gasteiger partial charge is 0.393 e. The lowest BCUT2D eigenvalue weighted by atomic mass is 10.3. The van der Waals surface area contributed by atoms with Gasteiger partial charge in [-0.2, -0.15) is 0 Å². The number of ether oxygens (including phenoxy) is 1. The number of para-hydroxylation sites is 2. The third-order valence-electron chi connectivity index (χ3n) is 3.05. The number of thiocarbonyl (C=S) groups is 1. The van der Waals surface area contributed by atoms with Crippen molar-refractivity contribution in [1.82, 2.24) is 9.55 Å². The Labute approximate surface area is 118 Å². The quantitative estimate of drug-likeness (QED) is 0.623. The number of rotatable bonds is 7. The average Bonchev–Trinajstić information content (AvgIpc) is 2.72. The molecular formula is C14H19N3OS. The summed E-state index contributed by atoms with van der Waals surface area (Å²) >= 11 is 5.00. The smallest absolute Gasteiger partial charge is 0.116 e. The number of aromatic nitrogens is 2. The molecule has 0 saturated heterocycles. The number of unbranched alkanes of at least 4 members (excludes halogenated alkanes) is 1. The second-order valence-corrected chi connectivity index (χ2v) is 5.04. The van der Waals surface area contributed by atoms with E-state index >= 15 is 0 Å². The Morgan fingerprint density at radius 2 is 2.16 bits per heavy atom. The van der Waals surface area contributed by atoms with Crippen molar-refractivity contribution in [3.05, 3.63) is 30.1 Å². The molecule has 2 N–H and O–H groups in total. The normalized spacial score (nSPS) is 11.0. The maximum atomic E-state index is 5.65. The van der Waals surface area contributed by atoms with Crippen molar-refractivity contribution < 1.29 is 4.74 Å². The summed E-state index contributed by atoms with van der Waals surface area (Å²) < 4.78 is 7.29. The van der Waals surface area contributed by atoms with E-state index in [0.717, 1.165) is 42.9 Å². The van der Waals surface area contributed by atoms with Crippen LogP contribution in [0.4, 0.5) is 0 Å². The summed E-state index contributed by atoms with van der Waals surface area (Å²) in [5.41, 5.74) is 7.79. The van der Waals surface area contributed by atoms with Crippen LogP contribution in [0.1, 0.15) is 18.7 Å². The first kappa shape index (κ1) is 14.0. The minimum Gasteiger partial charge on any atom is -0.393 e. The number of nitrogens with zero attached hydrogens (tertiary/aromatic N) is 2. The first-order valence-electron chi connectivity index (χ1n) is 6.43. The lowest BCUT2D eigenvalue weighted by molar-refractivity contribution is 0.191. The predicted octanol–water partition coefficient (Wildman–Crippen LogP) is 2.29. The van der Waals surface area contributed by atoms with Crippen molar-refractivity contribution in [2.75, 3.05) is 13.7 Å². The van der Waals surface area contributed by atoms with E-state index in [0.29, 0.717) is 11.4 Å². The van der Waals surface area contributed by atoms with E-state index in [1.165, 1.54) is 0 Å². The summed E-state index contributed by atoms with van der Waals surface area (Å²) in [6.07, 6.45) is 2.64. The van der Waals surface area contributed by atoms with E-state index < -0.39 is 0 Å². The van der Waals surface area contributed by atoms with Crippen molar-refractivity contribution >= 4 is 28.2 Å². The molecular weight excluding hydrogens is 258 g/mol. The van der Waals surface area contributed by atoms with Gasteiger partial charge in [-0.1, -0.05) is 24.4 Å². The molecule has 0 spiro atoms. The molecule has 0 aliphatic heterocycles. The number of nitrogens with two attached hydrogens (primary N) is 1. The van der Waals surface area contributed by atoms with E-state index in [4.69, 9.17) is 22.7 Å². The first-order chi connectivity index (χ1) is 9.22. The van der Waals surface area contributed by atoms with Gasteiger partial charge in [-0.15, -0.1) is 0 Å². The summed E-state index contributed by atoms with van der Waals surface area (Å²) in [6.45, 7) is 1.71. The molecule has 4 nitrogen and oxygen atoms in total. The topological polar surface area (TPSA) is 53.1 Å². The molecule has 0 saturated carbocycles. The average molecular weight is 277 g/mol. The maximum Gasteiger partial charge on any atom is 0.116 e. The first-order valence-corrected chi connectivity index (χ1v) is 6.84. The molecule has 0 atom stereocenters. The number of methoxy groups -OCH3 is 1. The number of hydrogen-bond acceptors (Lipinski definition) is 3. The summed E-state index contributed by atoms with van der Waals surface area (Å²) in [5, 5.41) is 0. The van der Waals surface area contributed by atoms with Gasteiger partial charge in [0.15, 0.2) is 0 Å². The second-order valence-electron chi connectivity index (χ2n) is 4.51. The van der Waals surface area contributed by atoms with Crippen LogP contribution >= 0.6 is 12.2 Å². The van der Waals surface area contributed by atoms with Gasteiger partial charge >= 0.3 is 0 Å². The van der Waals surface area contributed by atoms with Crippen LogP contribution in [0.15, 0.2) is 24.3 Å². The zero-order chi connectivity index (χ0) is 13.7. The molecule has 0 radical (unpaired) electrons. The molecule has 5 heteroatoms. The molecule has 0 bridgehead atoms. The van der Waals surface area contributed by atoms with Crippen molar-refractivity contribution in [2.24, 2.45) is 5.73 Å². The van der Waals surface area contributed by atoms with E-state index in [1.54, 1.807) is 7.11 Å². The molecule has 0 aliphatic carbocycles. The molecule has 0 amide bonds. The van der Waals surface area contributed by atoms with E-state index in [-0.39, 0.29) is 0 Å². The SMILES string of the molecule is COCCCCn1c(CC(N)=S)nc2ccccc21. The number of imidazole rings is 1. The van der Waals surface area contributed by atoms with Crippen LogP contribution in [0, 0.1) is 0 Å². The van der Waals surface area contributed by atoms with Gasteiger partial charge in [0.05, 0.1) is 22.4 Å². The summed E-state index contributed by atoms with van der Waals surface area (Å²) in [6, 6.07) is 8.13. The fourth-order valence-electron chi connectivity index (χ4n) is 2.18. The summed E-state index contributed by atoms with van der Waals surface area (Å²) in [5.74, 6) is 0.950. The van der Waals surface area contributed by atoms with Gasteiger partial charge in [0.2, 0.25) is 0 Å². The summed E-state index contributed by atoms with van der Waals surface area (Å²) in [4.78, 5) is 5.10. The van der Waals surface area contributed by atoms with E-state index in [9.17, 15) is 0 Å². The van der Waals surface area contributed by atoms with E-state index in [2.05, 4.69) is 15.6 Å². The number of benzene rings is 1. The predicted molar refractivity (Wildman–Crippen MR) is 81.3 cm³/mol. The zero-order valence-corrected chi connectivity index (χ0v) is 11.9. The summed E-state index contributed by atoms with van der Waals surface area (Å²) in [7, 11) is 1.73.